The molecule has 0 amide bonds. The minimum absolute atomic E-state index is 0.767. The SMILES string of the molecule is C[C@@H]1[C@H](CC2(C)CC2)C[C@H](C)[C@@H]1C. The number of rotatable bonds is 2. The topological polar surface area (TPSA) is 0 Å². The zero-order valence-electron chi connectivity index (χ0n) is 9.64. The van der Waals surface area contributed by atoms with Crippen LogP contribution in [0.4, 0.5) is 0 Å². The lowest BCUT2D eigenvalue weighted by Gasteiger charge is -2.21. The van der Waals surface area contributed by atoms with Crippen molar-refractivity contribution in [2.75, 3.05) is 0 Å². The van der Waals surface area contributed by atoms with Crippen LogP contribution in [0.15, 0.2) is 0 Å². The Morgan fingerprint density at radius 1 is 1.08 bits per heavy atom. The van der Waals surface area contributed by atoms with Crippen molar-refractivity contribution in [1.82, 2.24) is 0 Å². The minimum Gasteiger partial charge on any atom is -0.0622 e. The molecule has 4 atom stereocenters. The van der Waals surface area contributed by atoms with Gasteiger partial charge in [-0.3, -0.25) is 0 Å². The highest BCUT2D eigenvalue weighted by atomic mass is 14.5. The van der Waals surface area contributed by atoms with E-state index in [0.717, 1.165) is 29.1 Å². The summed E-state index contributed by atoms with van der Waals surface area (Å²) >= 11 is 0. The molecule has 2 rings (SSSR count). The molecule has 2 aliphatic carbocycles. The fourth-order valence-corrected chi connectivity index (χ4v) is 3.17. The number of hydrogen-bond donors (Lipinski definition) is 0. The van der Waals surface area contributed by atoms with E-state index in [2.05, 4.69) is 27.7 Å². The van der Waals surface area contributed by atoms with Gasteiger partial charge in [-0.1, -0.05) is 27.7 Å². The molecule has 13 heavy (non-hydrogen) atoms. The third kappa shape index (κ3) is 1.78. The average Bonchev–Trinajstić information content (AvgIpc) is 2.74. The molecule has 2 fully saturated rings. The first-order valence-electron chi connectivity index (χ1n) is 6.02. The highest BCUT2D eigenvalue weighted by Crippen LogP contribution is 2.55. The maximum absolute atomic E-state index is 2.48. The maximum atomic E-state index is 2.48. The molecule has 0 radical (unpaired) electrons. The van der Waals surface area contributed by atoms with E-state index in [-0.39, 0.29) is 0 Å². The van der Waals surface area contributed by atoms with E-state index in [1.165, 1.54) is 25.7 Å². The molecular formula is C13H24. The predicted octanol–water partition coefficient (Wildman–Crippen LogP) is 4.10. The zero-order valence-corrected chi connectivity index (χ0v) is 9.64. The quantitative estimate of drug-likeness (QED) is 0.600. The molecule has 0 unspecified atom stereocenters. The predicted molar refractivity (Wildman–Crippen MR) is 57.6 cm³/mol. The molecule has 0 heteroatoms. The van der Waals surface area contributed by atoms with Crippen molar-refractivity contribution in [3.63, 3.8) is 0 Å². The fourth-order valence-electron chi connectivity index (χ4n) is 3.17. The first-order chi connectivity index (χ1) is 6.02. The second-order valence-corrected chi connectivity index (χ2v) is 6.21. The first-order valence-corrected chi connectivity index (χ1v) is 6.02. The van der Waals surface area contributed by atoms with E-state index in [1.54, 1.807) is 0 Å². The maximum Gasteiger partial charge on any atom is -0.0323 e. The lowest BCUT2D eigenvalue weighted by molar-refractivity contribution is 0.286. The second-order valence-electron chi connectivity index (χ2n) is 6.21. The van der Waals surface area contributed by atoms with Gasteiger partial charge in [-0.2, -0.15) is 0 Å². The lowest BCUT2D eigenvalue weighted by atomic mass is 9.84. The van der Waals surface area contributed by atoms with Crippen LogP contribution in [0.3, 0.4) is 0 Å². The summed E-state index contributed by atoms with van der Waals surface area (Å²) in [5.41, 5.74) is 0.767. The van der Waals surface area contributed by atoms with Gasteiger partial charge >= 0.3 is 0 Å². The van der Waals surface area contributed by atoms with Crippen LogP contribution in [0.1, 0.15) is 53.4 Å². The van der Waals surface area contributed by atoms with Crippen LogP contribution in [0, 0.1) is 29.1 Å². The normalized spacial score (nSPS) is 48.0. The Morgan fingerprint density at radius 3 is 2.08 bits per heavy atom. The summed E-state index contributed by atoms with van der Waals surface area (Å²) < 4.78 is 0. The monoisotopic (exact) mass is 180 g/mol. The Balaban J connectivity index is 1.93. The molecule has 2 saturated carbocycles. The van der Waals surface area contributed by atoms with Crippen LogP contribution in [0.5, 0.6) is 0 Å². The molecule has 0 saturated heterocycles. The standard InChI is InChI=1S/C13H24/c1-9-7-12(11(3)10(9)2)8-13(4)5-6-13/h9-12H,5-8H2,1-4H3/t9-,10-,11-,12-/m0/s1. The third-order valence-electron chi connectivity index (χ3n) is 5.00. The van der Waals surface area contributed by atoms with Gasteiger partial charge in [0.25, 0.3) is 0 Å². The van der Waals surface area contributed by atoms with E-state index in [0.29, 0.717) is 0 Å². The van der Waals surface area contributed by atoms with Crippen LogP contribution >= 0.6 is 0 Å². The molecule has 76 valence electrons. The second kappa shape index (κ2) is 3.00. The third-order valence-corrected chi connectivity index (χ3v) is 5.00. The summed E-state index contributed by atoms with van der Waals surface area (Å²) in [5, 5.41) is 0. The van der Waals surface area contributed by atoms with Gasteiger partial charge in [0.2, 0.25) is 0 Å². The largest absolute Gasteiger partial charge is 0.0622 e. The van der Waals surface area contributed by atoms with Crippen molar-refractivity contribution < 1.29 is 0 Å². The average molecular weight is 180 g/mol. The molecule has 0 aromatic heterocycles. The van der Waals surface area contributed by atoms with E-state index in [4.69, 9.17) is 0 Å². The molecule has 0 aliphatic heterocycles. The smallest absolute Gasteiger partial charge is 0.0323 e. The summed E-state index contributed by atoms with van der Waals surface area (Å²) in [4.78, 5) is 0. The van der Waals surface area contributed by atoms with Crippen molar-refractivity contribution in [1.29, 1.82) is 0 Å². The first kappa shape index (κ1) is 9.55. The molecular weight excluding hydrogens is 156 g/mol. The van der Waals surface area contributed by atoms with Gasteiger partial charge in [-0.05, 0) is 54.8 Å². The van der Waals surface area contributed by atoms with E-state index >= 15 is 0 Å². The molecule has 0 aromatic carbocycles. The zero-order chi connectivity index (χ0) is 9.64. The summed E-state index contributed by atoms with van der Waals surface area (Å²) in [6, 6.07) is 0. The Morgan fingerprint density at radius 2 is 1.69 bits per heavy atom. The van der Waals surface area contributed by atoms with Gasteiger partial charge in [0, 0.05) is 0 Å². The Hall–Kier alpha value is 0. The summed E-state index contributed by atoms with van der Waals surface area (Å²) in [5.74, 6) is 3.96. The highest BCUT2D eigenvalue weighted by Gasteiger charge is 2.44. The van der Waals surface area contributed by atoms with Crippen LogP contribution in [0.2, 0.25) is 0 Å². The van der Waals surface area contributed by atoms with Gasteiger partial charge in [0.15, 0.2) is 0 Å². The molecule has 0 spiro atoms. The molecule has 0 aromatic rings. The van der Waals surface area contributed by atoms with Crippen molar-refractivity contribution in [2.24, 2.45) is 29.1 Å². The summed E-state index contributed by atoms with van der Waals surface area (Å²) in [6.07, 6.45) is 6.01. The summed E-state index contributed by atoms with van der Waals surface area (Å²) in [7, 11) is 0. The Labute approximate surface area is 83.1 Å². The van der Waals surface area contributed by atoms with Crippen molar-refractivity contribution in [2.45, 2.75) is 53.4 Å². The van der Waals surface area contributed by atoms with E-state index in [9.17, 15) is 0 Å². The van der Waals surface area contributed by atoms with Crippen molar-refractivity contribution >= 4 is 0 Å². The van der Waals surface area contributed by atoms with Crippen molar-refractivity contribution in [3.05, 3.63) is 0 Å². The van der Waals surface area contributed by atoms with Gasteiger partial charge < -0.3 is 0 Å². The highest BCUT2D eigenvalue weighted by molar-refractivity contribution is 4.94. The van der Waals surface area contributed by atoms with Gasteiger partial charge in [-0.15, -0.1) is 0 Å². The van der Waals surface area contributed by atoms with Gasteiger partial charge in [-0.25, -0.2) is 0 Å². The fraction of sp³-hybridized carbons (Fsp3) is 1.00. The van der Waals surface area contributed by atoms with Crippen LogP contribution in [-0.4, -0.2) is 0 Å². The number of hydrogen-bond acceptors (Lipinski definition) is 0. The molecule has 0 nitrogen and oxygen atoms in total. The molecule has 0 bridgehead atoms. The van der Waals surface area contributed by atoms with Crippen molar-refractivity contribution in [3.8, 4) is 0 Å². The van der Waals surface area contributed by atoms with E-state index < -0.39 is 0 Å². The lowest BCUT2D eigenvalue weighted by Crippen LogP contribution is -2.13. The van der Waals surface area contributed by atoms with Crippen LogP contribution in [0.25, 0.3) is 0 Å². The molecule has 0 N–H and O–H groups in total. The molecule has 2 aliphatic rings. The summed E-state index contributed by atoms with van der Waals surface area (Å²) in [6.45, 7) is 9.85. The van der Waals surface area contributed by atoms with Gasteiger partial charge in [0.05, 0.1) is 0 Å². The van der Waals surface area contributed by atoms with Crippen LogP contribution in [-0.2, 0) is 0 Å². The van der Waals surface area contributed by atoms with Crippen LogP contribution < -0.4 is 0 Å². The van der Waals surface area contributed by atoms with E-state index in [1.807, 2.05) is 0 Å². The minimum atomic E-state index is 0.767. The Kier molecular flexibility index (Phi) is 2.20. The Bertz CT molecular complexity index is 190. The van der Waals surface area contributed by atoms with Gasteiger partial charge in [0.1, 0.15) is 0 Å². The molecule has 0 heterocycles.